The minimum Gasteiger partial charge on any atom is -0.354 e. The van der Waals surface area contributed by atoms with Crippen LogP contribution in [0.1, 0.15) is 20.3 Å². The van der Waals surface area contributed by atoms with Gasteiger partial charge in [0.1, 0.15) is 11.6 Å². The van der Waals surface area contributed by atoms with Crippen LogP contribution in [0.25, 0.3) is 16.7 Å². The number of anilines is 3. The summed E-state index contributed by atoms with van der Waals surface area (Å²) in [7, 11) is 0. The smallest absolute Gasteiger partial charge is 0.226 e. The Bertz CT molecular complexity index is 1090. The van der Waals surface area contributed by atoms with E-state index in [2.05, 4.69) is 34.6 Å². The molecule has 148 valence electrons. The maximum Gasteiger partial charge on any atom is 0.226 e. The Labute approximate surface area is 168 Å². The van der Waals surface area contributed by atoms with Crippen molar-refractivity contribution in [2.24, 2.45) is 5.92 Å². The summed E-state index contributed by atoms with van der Waals surface area (Å²) in [5.41, 5.74) is 2.36. The van der Waals surface area contributed by atoms with Gasteiger partial charge in [-0.3, -0.25) is 0 Å². The number of hydrogen-bond acceptors (Lipinski definition) is 5. The maximum atomic E-state index is 13.3. The topological polar surface area (TPSA) is 67.7 Å². The van der Waals surface area contributed by atoms with Crippen LogP contribution in [0.2, 0.25) is 0 Å². The quantitative estimate of drug-likeness (QED) is 0.456. The molecule has 0 bridgehead atoms. The van der Waals surface area contributed by atoms with Crippen molar-refractivity contribution in [3.8, 4) is 5.69 Å². The number of benzene rings is 2. The van der Waals surface area contributed by atoms with Gasteiger partial charge in [0, 0.05) is 12.2 Å². The molecule has 0 aliphatic carbocycles. The first-order chi connectivity index (χ1) is 14.1. The van der Waals surface area contributed by atoms with Crippen molar-refractivity contribution in [1.29, 1.82) is 0 Å². The van der Waals surface area contributed by atoms with Crippen molar-refractivity contribution in [3.05, 3.63) is 66.6 Å². The van der Waals surface area contributed by atoms with Crippen LogP contribution < -0.4 is 10.6 Å². The lowest BCUT2D eigenvalue weighted by Gasteiger charge is -2.12. The van der Waals surface area contributed by atoms with Gasteiger partial charge in [-0.1, -0.05) is 32.0 Å². The number of hydrogen-bond donors (Lipinski definition) is 2. The molecule has 0 saturated heterocycles. The van der Waals surface area contributed by atoms with Gasteiger partial charge >= 0.3 is 0 Å². The van der Waals surface area contributed by atoms with Crippen LogP contribution in [0.3, 0.4) is 0 Å². The first-order valence-electron chi connectivity index (χ1n) is 9.68. The zero-order chi connectivity index (χ0) is 20.2. The van der Waals surface area contributed by atoms with Gasteiger partial charge in [0.05, 0.1) is 17.3 Å². The van der Waals surface area contributed by atoms with E-state index in [1.807, 2.05) is 30.3 Å². The molecule has 4 rings (SSSR count). The van der Waals surface area contributed by atoms with Gasteiger partial charge in [-0.15, -0.1) is 0 Å². The van der Waals surface area contributed by atoms with E-state index in [1.165, 1.54) is 12.1 Å². The van der Waals surface area contributed by atoms with Crippen LogP contribution in [-0.4, -0.2) is 26.3 Å². The third-order valence-electron chi connectivity index (χ3n) is 4.54. The molecule has 2 aromatic carbocycles. The highest BCUT2D eigenvalue weighted by atomic mass is 19.1. The standard InChI is InChI=1S/C22H23FN6/c1-15(2)12-13-24-22-27-20(26-17-10-8-16(23)9-11-17)19-14-25-29(21(19)28-22)18-6-4-3-5-7-18/h3-11,14-15H,12-13H2,1-2H3,(H2,24,26,27,28). The summed E-state index contributed by atoms with van der Waals surface area (Å²) in [4.78, 5) is 9.35. The summed E-state index contributed by atoms with van der Waals surface area (Å²) >= 11 is 0. The van der Waals surface area contributed by atoms with E-state index in [1.54, 1.807) is 23.0 Å². The number of nitrogens with one attached hydrogen (secondary N) is 2. The molecule has 2 aromatic heterocycles. The Kier molecular flexibility index (Phi) is 5.37. The summed E-state index contributed by atoms with van der Waals surface area (Å²) in [6, 6.07) is 16.0. The van der Waals surface area contributed by atoms with Crippen molar-refractivity contribution < 1.29 is 4.39 Å². The number of fused-ring (bicyclic) bond motifs is 1. The third-order valence-corrected chi connectivity index (χ3v) is 4.54. The van der Waals surface area contributed by atoms with E-state index >= 15 is 0 Å². The van der Waals surface area contributed by atoms with Crippen molar-refractivity contribution in [3.63, 3.8) is 0 Å². The Hall–Kier alpha value is -3.48. The molecular weight excluding hydrogens is 367 g/mol. The predicted molar refractivity (Wildman–Crippen MR) is 114 cm³/mol. The van der Waals surface area contributed by atoms with Gasteiger partial charge in [0.25, 0.3) is 0 Å². The summed E-state index contributed by atoms with van der Waals surface area (Å²) in [6.07, 6.45) is 2.76. The average Bonchev–Trinajstić information content (AvgIpc) is 3.14. The summed E-state index contributed by atoms with van der Waals surface area (Å²) < 4.78 is 15.1. The molecular formula is C22H23FN6. The largest absolute Gasteiger partial charge is 0.354 e. The van der Waals surface area contributed by atoms with E-state index in [-0.39, 0.29) is 5.82 Å². The van der Waals surface area contributed by atoms with E-state index in [0.29, 0.717) is 23.3 Å². The summed E-state index contributed by atoms with van der Waals surface area (Å²) in [5, 5.41) is 11.9. The number of para-hydroxylation sites is 1. The Balaban J connectivity index is 1.75. The SMILES string of the molecule is CC(C)CCNc1nc(Nc2ccc(F)cc2)c2cnn(-c3ccccc3)c2n1. The molecule has 0 unspecified atom stereocenters. The molecule has 6 nitrogen and oxygen atoms in total. The molecule has 0 atom stereocenters. The number of rotatable bonds is 7. The van der Waals surface area contributed by atoms with E-state index in [0.717, 1.165) is 29.7 Å². The van der Waals surface area contributed by atoms with Crippen LogP contribution in [0.5, 0.6) is 0 Å². The van der Waals surface area contributed by atoms with Crippen LogP contribution in [-0.2, 0) is 0 Å². The van der Waals surface area contributed by atoms with Gasteiger partial charge in [0.2, 0.25) is 5.95 Å². The number of halogens is 1. The molecule has 29 heavy (non-hydrogen) atoms. The van der Waals surface area contributed by atoms with Crippen LogP contribution in [0.15, 0.2) is 60.8 Å². The third kappa shape index (κ3) is 4.34. The van der Waals surface area contributed by atoms with Gasteiger partial charge in [-0.25, -0.2) is 9.07 Å². The molecule has 0 spiro atoms. The maximum absolute atomic E-state index is 13.3. The Morgan fingerprint density at radius 3 is 2.48 bits per heavy atom. The fourth-order valence-electron chi connectivity index (χ4n) is 2.98. The highest BCUT2D eigenvalue weighted by Gasteiger charge is 2.14. The molecule has 7 heteroatoms. The zero-order valence-electron chi connectivity index (χ0n) is 16.4. The van der Waals surface area contributed by atoms with Crippen molar-refractivity contribution in [1.82, 2.24) is 19.7 Å². The summed E-state index contributed by atoms with van der Waals surface area (Å²) in [6.45, 7) is 5.13. The Morgan fingerprint density at radius 1 is 1.00 bits per heavy atom. The van der Waals surface area contributed by atoms with E-state index in [9.17, 15) is 4.39 Å². The first-order valence-corrected chi connectivity index (χ1v) is 9.68. The normalized spacial score (nSPS) is 11.2. The van der Waals surface area contributed by atoms with Gasteiger partial charge in [-0.2, -0.15) is 15.1 Å². The minimum atomic E-state index is -0.281. The molecule has 0 aliphatic heterocycles. The monoisotopic (exact) mass is 390 g/mol. The summed E-state index contributed by atoms with van der Waals surface area (Å²) in [5.74, 6) is 1.45. The fourth-order valence-corrected chi connectivity index (χ4v) is 2.98. The number of aromatic nitrogens is 4. The lowest BCUT2D eigenvalue weighted by molar-refractivity contribution is 0.606. The molecule has 4 aromatic rings. The molecule has 0 amide bonds. The molecule has 0 aliphatic rings. The second-order valence-corrected chi connectivity index (χ2v) is 7.27. The molecule has 2 heterocycles. The molecule has 2 N–H and O–H groups in total. The van der Waals surface area contributed by atoms with Gasteiger partial charge in [0.15, 0.2) is 5.65 Å². The molecule has 0 saturated carbocycles. The lowest BCUT2D eigenvalue weighted by atomic mass is 10.1. The fraction of sp³-hybridized carbons (Fsp3) is 0.227. The average molecular weight is 390 g/mol. The van der Waals surface area contributed by atoms with Crippen LogP contribution in [0, 0.1) is 11.7 Å². The van der Waals surface area contributed by atoms with E-state index in [4.69, 9.17) is 4.98 Å². The van der Waals surface area contributed by atoms with E-state index < -0.39 is 0 Å². The highest BCUT2D eigenvalue weighted by Crippen LogP contribution is 2.27. The predicted octanol–water partition coefficient (Wildman–Crippen LogP) is 5.16. The van der Waals surface area contributed by atoms with Crippen molar-refractivity contribution >= 4 is 28.5 Å². The minimum absolute atomic E-state index is 0.281. The van der Waals surface area contributed by atoms with Gasteiger partial charge in [-0.05, 0) is 48.7 Å². The lowest BCUT2D eigenvalue weighted by Crippen LogP contribution is -2.10. The van der Waals surface area contributed by atoms with Gasteiger partial charge < -0.3 is 10.6 Å². The van der Waals surface area contributed by atoms with Crippen molar-refractivity contribution in [2.45, 2.75) is 20.3 Å². The highest BCUT2D eigenvalue weighted by molar-refractivity contribution is 5.90. The Morgan fingerprint density at radius 2 is 1.76 bits per heavy atom. The zero-order valence-corrected chi connectivity index (χ0v) is 16.4. The van der Waals surface area contributed by atoms with Crippen LogP contribution >= 0.6 is 0 Å². The second-order valence-electron chi connectivity index (χ2n) is 7.27. The first kappa shape index (κ1) is 18.9. The van der Waals surface area contributed by atoms with Crippen molar-refractivity contribution in [2.75, 3.05) is 17.2 Å². The van der Waals surface area contributed by atoms with Crippen LogP contribution in [0.4, 0.5) is 21.8 Å². The second kappa shape index (κ2) is 8.26. The molecule has 0 radical (unpaired) electrons. The number of nitrogens with zero attached hydrogens (tertiary/aromatic N) is 4. The molecule has 0 fully saturated rings.